The lowest BCUT2D eigenvalue weighted by Crippen LogP contribution is -2.00. The molecule has 0 fully saturated rings. The lowest BCUT2D eigenvalue weighted by Gasteiger charge is -2.13. The summed E-state index contributed by atoms with van der Waals surface area (Å²) in [5.74, 6) is 1.75. The zero-order valence-electron chi connectivity index (χ0n) is 18.8. The highest BCUT2D eigenvalue weighted by Gasteiger charge is 2.12. The summed E-state index contributed by atoms with van der Waals surface area (Å²) in [6.07, 6.45) is 1.79. The minimum Gasteiger partial charge on any atom is -0.490 e. The molecule has 0 radical (unpaired) electrons. The number of nitrogens with zero attached hydrogens (tertiary/aromatic N) is 2. The molecule has 1 aromatic heterocycles. The summed E-state index contributed by atoms with van der Waals surface area (Å²) in [5.41, 5.74) is 6.24. The predicted octanol–water partition coefficient (Wildman–Crippen LogP) is 6.88. The Hall–Kier alpha value is -3.75. The Morgan fingerprint density at radius 1 is 1.06 bits per heavy atom. The van der Waals surface area contributed by atoms with E-state index in [1.54, 1.807) is 6.08 Å². The molecular weight excluding hydrogens is 434 g/mol. The van der Waals surface area contributed by atoms with Crippen molar-refractivity contribution in [2.75, 3.05) is 6.61 Å². The number of aryl methyl sites for hydroxylation is 2. The van der Waals surface area contributed by atoms with Crippen LogP contribution in [0.4, 0.5) is 0 Å². The molecule has 1 N–H and O–H groups in total. The van der Waals surface area contributed by atoms with Crippen molar-refractivity contribution < 1.29 is 9.47 Å². The van der Waals surface area contributed by atoms with Crippen molar-refractivity contribution in [3.63, 3.8) is 0 Å². The van der Waals surface area contributed by atoms with E-state index in [1.165, 1.54) is 5.56 Å². The molecule has 1 heterocycles. The van der Waals surface area contributed by atoms with Crippen molar-refractivity contribution in [3.8, 4) is 17.6 Å². The number of halogens is 1. The molecule has 0 saturated heterocycles. The Bertz CT molecular complexity index is 1340. The number of nitrogens with one attached hydrogen (secondary N) is 1. The molecule has 0 atom stereocenters. The van der Waals surface area contributed by atoms with Crippen molar-refractivity contribution >= 4 is 34.3 Å². The number of H-pyrrole nitrogens is 1. The standard InChI is InChI=1S/C27H24ClN3O2/c1-4-32-26-14-19(9-10-25(26)33-16-20-7-5-6-8-22(20)28)13-21(15-29)27-30-23-11-17(2)18(3)12-24(23)31-27/h5-14H,4,16H2,1-3H3,(H,30,31). The number of hydrogen-bond acceptors (Lipinski definition) is 4. The molecule has 0 unspecified atom stereocenters. The first kappa shape index (κ1) is 22.4. The van der Waals surface area contributed by atoms with Crippen LogP contribution in [0.15, 0.2) is 54.6 Å². The lowest BCUT2D eigenvalue weighted by molar-refractivity contribution is 0.269. The maximum atomic E-state index is 9.79. The molecule has 4 rings (SSSR count). The number of rotatable bonds is 7. The van der Waals surface area contributed by atoms with E-state index in [0.717, 1.165) is 27.7 Å². The molecular formula is C27H24ClN3O2. The number of ether oxygens (including phenoxy) is 2. The Kier molecular flexibility index (Phi) is 6.67. The normalized spacial score (nSPS) is 11.4. The van der Waals surface area contributed by atoms with Gasteiger partial charge in [-0.1, -0.05) is 35.9 Å². The smallest absolute Gasteiger partial charge is 0.161 e. The van der Waals surface area contributed by atoms with Crippen LogP contribution < -0.4 is 9.47 Å². The van der Waals surface area contributed by atoms with E-state index in [0.29, 0.717) is 41.1 Å². The summed E-state index contributed by atoms with van der Waals surface area (Å²) in [6.45, 7) is 6.84. The summed E-state index contributed by atoms with van der Waals surface area (Å²) in [4.78, 5) is 7.87. The number of benzene rings is 3. The SMILES string of the molecule is CCOc1cc(C=C(C#N)c2nc3cc(C)c(C)cc3[nH]2)ccc1OCc1ccccc1Cl. The van der Waals surface area contributed by atoms with Crippen molar-refractivity contribution in [3.05, 3.63) is 87.7 Å². The first-order valence-corrected chi connectivity index (χ1v) is 11.1. The summed E-state index contributed by atoms with van der Waals surface area (Å²) >= 11 is 6.24. The first-order valence-electron chi connectivity index (χ1n) is 10.7. The number of aromatic amines is 1. The van der Waals surface area contributed by atoms with Crippen LogP contribution in [0.3, 0.4) is 0 Å². The average Bonchev–Trinajstić information content (AvgIpc) is 3.20. The van der Waals surface area contributed by atoms with Gasteiger partial charge in [0.25, 0.3) is 0 Å². The lowest BCUT2D eigenvalue weighted by atomic mass is 10.1. The molecule has 6 heteroatoms. The van der Waals surface area contributed by atoms with Crippen molar-refractivity contribution in [1.29, 1.82) is 5.26 Å². The molecule has 0 bridgehead atoms. The zero-order chi connectivity index (χ0) is 23.4. The molecule has 166 valence electrons. The van der Waals surface area contributed by atoms with E-state index in [-0.39, 0.29) is 0 Å². The fourth-order valence-electron chi connectivity index (χ4n) is 3.49. The molecule has 3 aromatic carbocycles. The second kappa shape index (κ2) is 9.81. The van der Waals surface area contributed by atoms with Crippen LogP contribution in [0.2, 0.25) is 5.02 Å². The third kappa shape index (κ3) is 5.02. The van der Waals surface area contributed by atoms with Gasteiger partial charge in [0.2, 0.25) is 0 Å². The van der Waals surface area contributed by atoms with E-state index in [2.05, 4.69) is 36.0 Å². The van der Waals surface area contributed by atoms with Gasteiger partial charge in [0, 0.05) is 10.6 Å². The van der Waals surface area contributed by atoms with Gasteiger partial charge in [0.05, 0.1) is 23.2 Å². The summed E-state index contributed by atoms with van der Waals surface area (Å²) in [7, 11) is 0. The van der Waals surface area contributed by atoms with Gasteiger partial charge in [-0.05, 0) is 73.9 Å². The quantitative estimate of drug-likeness (QED) is 0.307. The van der Waals surface area contributed by atoms with Crippen LogP contribution in [0, 0.1) is 25.2 Å². The van der Waals surface area contributed by atoms with E-state index < -0.39 is 0 Å². The highest BCUT2D eigenvalue weighted by molar-refractivity contribution is 6.31. The van der Waals surface area contributed by atoms with Crippen molar-refractivity contribution in [2.24, 2.45) is 0 Å². The van der Waals surface area contributed by atoms with Gasteiger partial charge in [-0.15, -0.1) is 0 Å². The predicted molar refractivity (Wildman–Crippen MR) is 132 cm³/mol. The fourth-order valence-corrected chi connectivity index (χ4v) is 3.68. The van der Waals surface area contributed by atoms with Gasteiger partial charge in [0.1, 0.15) is 18.5 Å². The van der Waals surface area contributed by atoms with Crippen LogP contribution in [-0.4, -0.2) is 16.6 Å². The molecule has 0 aliphatic heterocycles. The number of imidazole rings is 1. The second-order valence-corrected chi connectivity index (χ2v) is 8.14. The van der Waals surface area contributed by atoms with Crippen LogP contribution >= 0.6 is 11.6 Å². The number of hydrogen-bond donors (Lipinski definition) is 1. The number of nitriles is 1. The first-order chi connectivity index (χ1) is 16.0. The minimum atomic E-state index is 0.330. The van der Waals surface area contributed by atoms with E-state index in [9.17, 15) is 5.26 Å². The molecule has 0 amide bonds. The summed E-state index contributed by atoms with van der Waals surface area (Å²) < 4.78 is 11.8. The second-order valence-electron chi connectivity index (χ2n) is 7.73. The Morgan fingerprint density at radius 3 is 2.61 bits per heavy atom. The van der Waals surface area contributed by atoms with Gasteiger partial charge < -0.3 is 14.5 Å². The van der Waals surface area contributed by atoms with E-state index in [1.807, 2.05) is 55.5 Å². The third-order valence-corrected chi connectivity index (χ3v) is 5.76. The maximum Gasteiger partial charge on any atom is 0.161 e. The van der Waals surface area contributed by atoms with E-state index >= 15 is 0 Å². The van der Waals surface area contributed by atoms with Gasteiger partial charge in [0.15, 0.2) is 11.5 Å². The van der Waals surface area contributed by atoms with Crippen molar-refractivity contribution in [1.82, 2.24) is 9.97 Å². The molecule has 4 aromatic rings. The number of aromatic nitrogens is 2. The fraction of sp³-hybridized carbons (Fsp3) is 0.185. The maximum absolute atomic E-state index is 9.79. The Morgan fingerprint density at radius 2 is 1.85 bits per heavy atom. The van der Waals surface area contributed by atoms with Crippen LogP contribution in [-0.2, 0) is 6.61 Å². The third-order valence-electron chi connectivity index (χ3n) is 5.39. The number of fused-ring (bicyclic) bond motifs is 1. The Labute approximate surface area is 198 Å². The summed E-state index contributed by atoms with van der Waals surface area (Å²) in [5, 5.41) is 10.4. The minimum absolute atomic E-state index is 0.330. The molecule has 33 heavy (non-hydrogen) atoms. The number of allylic oxidation sites excluding steroid dienone is 1. The van der Waals surface area contributed by atoms with Gasteiger partial charge in [-0.3, -0.25) is 0 Å². The molecule has 0 aliphatic carbocycles. The summed E-state index contributed by atoms with van der Waals surface area (Å²) in [6, 6.07) is 19.5. The highest BCUT2D eigenvalue weighted by atomic mass is 35.5. The Balaban J connectivity index is 1.63. The monoisotopic (exact) mass is 457 g/mol. The largest absolute Gasteiger partial charge is 0.490 e. The molecule has 0 aliphatic rings. The van der Waals surface area contributed by atoms with Crippen LogP contribution in [0.25, 0.3) is 22.7 Å². The van der Waals surface area contributed by atoms with Gasteiger partial charge >= 0.3 is 0 Å². The molecule has 5 nitrogen and oxygen atoms in total. The zero-order valence-corrected chi connectivity index (χ0v) is 19.5. The molecule has 0 saturated carbocycles. The van der Waals surface area contributed by atoms with Crippen LogP contribution in [0.1, 0.15) is 35.0 Å². The average molecular weight is 458 g/mol. The highest BCUT2D eigenvalue weighted by Crippen LogP contribution is 2.31. The molecule has 0 spiro atoms. The van der Waals surface area contributed by atoms with Crippen LogP contribution in [0.5, 0.6) is 11.5 Å². The van der Waals surface area contributed by atoms with Crippen molar-refractivity contribution in [2.45, 2.75) is 27.4 Å². The van der Waals surface area contributed by atoms with Gasteiger partial charge in [-0.25, -0.2) is 4.98 Å². The topological polar surface area (TPSA) is 70.9 Å². The van der Waals surface area contributed by atoms with Gasteiger partial charge in [-0.2, -0.15) is 5.26 Å². The van der Waals surface area contributed by atoms with E-state index in [4.69, 9.17) is 21.1 Å².